The summed E-state index contributed by atoms with van der Waals surface area (Å²) in [4.78, 5) is 19.0. The van der Waals surface area contributed by atoms with Crippen molar-refractivity contribution in [1.29, 1.82) is 0 Å². The van der Waals surface area contributed by atoms with E-state index >= 15 is 0 Å². The number of aromatic hydroxyl groups is 2. The molecular weight excluding hydrogens is 316 g/mol. The van der Waals surface area contributed by atoms with Crippen LogP contribution in [-0.2, 0) is 12.8 Å². The first-order valence-electron chi connectivity index (χ1n) is 7.19. The Morgan fingerprint density at radius 1 is 1.09 bits per heavy atom. The normalized spacial score (nSPS) is 12.9. The number of rotatable bonds is 1. The van der Waals surface area contributed by atoms with Crippen LogP contribution in [0.15, 0.2) is 35.4 Å². The molecule has 5 nitrogen and oxygen atoms in total. The van der Waals surface area contributed by atoms with Gasteiger partial charge in [0, 0.05) is 33.8 Å². The maximum absolute atomic E-state index is 12.1. The molecule has 0 aliphatic heterocycles. The summed E-state index contributed by atoms with van der Waals surface area (Å²) in [6, 6.07) is 4.83. The molecule has 0 radical (unpaired) electrons. The third kappa shape index (κ3) is 2.33. The standard InChI is InChI=1S/C17H14N2O3.ClH/c20-10-6-9(7-18-8-10)15-14(21)5-4-13-16(15)11-2-1-3-12(11)17(22)19-13;/h4-8,20-21H,1-3H2,(H,19,22);1H. The number of hydrogen-bond donors (Lipinski definition) is 3. The number of aromatic amines is 1. The average molecular weight is 331 g/mol. The molecule has 0 unspecified atom stereocenters. The lowest BCUT2D eigenvalue weighted by molar-refractivity contribution is 0.472. The zero-order valence-electron chi connectivity index (χ0n) is 12.2. The Morgan fingerprint density at radius 3 is 2.65 bits per heavy atom. The minimum absolute atomic E-state index is 0. The second-order valence-electron chi connectivity index (χ2n) is 5.58. The van der Waals surface area contributed by atoms with Crippen molar-refractivity contribution in [3.63, 3.8) is 0 Å². The van der Waals surface area contributed by atoms with Crippen LogP contribution in [0.2, 0.25) is 0 Å². The number of aromatic nitrogens is 2. The van der Waals surface area contributed by atoms with Crippen molar-refractivity contribution < 1.29 is 10.2 Å². The maximum Gasteiger partial charge on any atom is 0.251 e. The summed E-state index contributed by atoms with van der Waals surface area (Å²) in [5, 5.41) is 20.9. The first-order chi connectivity index (χ1) is 10.6. The number of nitrogens with zero attached hydrogens (tertiary/aromatic N) is 1. The largest absolute Gasteiger partial charge is 0.507 e. The van der Waals surface area contributed by atoms with E-state index in [1.165, 1.54) is 6.20 Å². The first kappa shape index (κ1) is 15.4. The lowest BCUT2D eigenvalue weighted by atomic mass is 9.95. The van der Waals surface area contributed by atoms with E-state index in [2.05, 4.69) is 9.97 Å². The van der Waals surface area contributed by atoms with E-state index in [4.69, 9.17) is 0 Å². The SMILES string of the molecule is Cl.O=c1[nH]c2ccc(O)c(-c3cncc(O)c3)c2c2c1CCC2. The molecule has 0 fully saturated rings. The molecule has 6 heteroatoms. The van der Waals surface area contributed by atoms with E-state index in [-0.39, 0.29) is 29.5 Å². The molecule has 23 heavy (non-hydrogen) atoms. The number of H-pyrrole nitrogens is 1. The molecule has 2 heterocycles. The van der Waals surface area contributed by atoms with Gasteiger partial charge in [-0.15, -0.1) is 12.4 Å². The van der Waals surface area contributed by atoms with Crippen molar-refractivity contribution in [3.8, 4) is 22.6 Å². The summed E-state index contributed by atoms with van der Waals surface area (Å²) >= 11 is 0. The fourth-order valence-corrected chi connectivity index (χ4v) is 3.33. The second kappa shape index (κ2) is 5.59. The number of benzene rings is 1. The van der Waals surface area contributed by atoms with Crippen LogP contribution < -0.4 is 5.56 Å². The molecule has 1 aliphatic carbocycles. The van der Waals surface area contributed by atoms with E-state index in [0.29, 0.717) is 16.6 Å². The van der Waals surface area contributed by atoms with E-state index in [1.807, 2.05) is 0 Å². The Balaban J connectivity index is 0.00000156. The van der Waals surface area contributed by atoms with E-state index in [1.54, 1.807) is 24.4 Å². The molecule has 0 saturated carbocycles. The molecule has 2 aromatic heterocycles. The number of halogens is 1. The Kier molecular flexibility index (Phi) is 3.74. The van der Waals surface area contributed by atoms with E-state index < -0.39 is 0 Å². The maximum atomic E-state index is 12.1. The second-order valence-corrected chi connectivity index (χ2v) is 5.58. The lowest BCUT2D eigenvalue weighted by Gasteiger charge is -2.13. The van der Waals surface area contributed by atoms with Crippen LogP contribution >= 0.6 is 12.4 Å². The van der Waals surface area contributed by atoms with Crippen LogP contribution in [0.5, 0.6) is 11.5 Å². The highest BCUT2D eigenvalue weighted by Gasteiger charge is 2.22. The number of phenols is 1. The molecule has 4 rings (SSSR count). The van der Waals surface area contributed by atoms with Gasteiger partial charge in [-0.1, -0.05) is 0 Å². The Morgan fingerprint density at radius 2 is 1.87 bits per heavy atom. The molecule has 0 amide bonds. The molecule has 0 bridgehead atoms. The molecule has 3 N–H and O–H groups in total. The van der Waals surface area contributed by atoms with Gasteiger partial charge in [0.2, 0.25) is 0 Å². The van der Waals surface area contributed by atoms with Crippen LogP contribution in [0.4, 0.5) is 0 Å². The Bertz CT molecular complexity index is 966. The van der Waals surface area contributed by atoms with Gasteiger partial charge in [-0.25, -0.2) is 0 Å². The van der Waals surface area contributed by atoms with Crippen molar-refractivity contribution >= 4 is 23.3 Å². The van der Waals surface area contributed by atoms with Crippen molar-refractivity contribution in [2.24, 2.45) is 0 Å². The summed E-state index contributed by atoms with van der Waals surface area (Å²) in [5.74, 6) is 0.149. The van der Waals surface area contributed by atoms with Crippen LogP contribution in [0.1, 0.15) is 17.5 Å². The van der Waals surface area contributed by atoms with Gasteiger partial charge in [0.1, 0.15) is 11.5 Å². The highest BCUT2D eigenvalue weighted by molar-refractivity contribution is 6.00. The zero-order chi connectivity index (χ0) is 15.3. The number of pyridine rings is 2. The Hall–Kier alpha value is -2.53. The van der Waals surface area contributed by atoms with Gasteiger partial charge in [-0.3, -0.25) is 9.78 Å². The average Bonchev–Trinajstić information content (AvgIpc) is 2.98. The molecule has 0 atom stereocenters. The number of aryl methyl sites for hydroxylation is 1. The summed E-state index contributed by atoms with van der Waals surface area (Å²) < 4.78 is 0. The molecule has 1 aliphatic rings. The minimum Gasteiger partial charge on any atom is -0.507 e. The van der Waals surface area contributed by atoms with Gasteiger partial charge in [-0.05, 0) is 43.0 Å². The van der Waals surface area contributed by atoms with Gasteiger partial charge < -0.3 is 15.2 Å². The van der Waals surface area contributed by atoms with Gasteiger partial charge in [0.15, 0.2) is 0 Å². The number of fused-ring (bicyclic) bond motifs is 3. The van der Waals surface area contributed by atoms with Crippen LogP contribution in [0, 0.1) is 0 Å². The fraction of sp³-hybridized carbons (Fsp3) is 0.176. The summed E-state index contributed by atoms with van der Waals surface area (Å²) in [6.45, 7) is 0. The lowest BCUT2D eigenvalue weighted by Crippen LogP contribution is -2.12. The predicted octanol–water partition coefficient (Wildman–Crippen LogP) is 2.91. The first-order valence-corrected chi connectivity index (χ1v) is 7.19. The molecule has 3 aromatic rings. The van der Waals surface area contributed by atoms with Gasteiger partial charge in [0.25, 0.3) is 5.56 Å². The van der Waals surface area contributed by atoms with Crippen molar-refractivity contribution in [2.75, 3.05) is 0 Å². The Labute approximate surface area is 138 Å². The zero-order valence-corrected chi connectivity index (χ0v) is 13.0. The van der Waals surface area contributed by atoms with Crippen molar-refractivity contribution in [1.82, 2.24) is 9.97 Å². The quantitative estimate of drug-likeness (QED) is 0.640. The number of phenolic OH excluding ortho intramolecular Hbond substituents is 1. The summed E-state index contributed by atoms with van der Waals surface area (Å²) in [7, 11) is 0. The van der Waals surface area contributed by atoms with Crippen molar-refractivity contribution in [3.05, 3.63) is 52.1 Å². The molecular formula is C17H15ClN2O3. The van der Waals surface area contributed by atoms with Gasteiger partial charge in [0.05, 0.1) is 6.20 Å². The molecule has 118 valence electrons. The van der Waals surface area contributed by atoms with E-state index in [9.17, 15) is 15.0 Å². The smallest absolute Gasteiger partial charge is 0.251 e. The third-order valence-electron chi connectivity index (χ3n) is 4.24. The van der Waals surface area contributed by atoms with Crippen LogP contribution in [-0.4, -0.2) is 20.2 Å². The number of nitrogens with one attached hydrogen (secondary N) is 1. The highest BCUT2D eigenvalue weighted by atomic mass is 35.5. The summed E-state index contributed by atoms with van der Waals surface area (Å²) in [6.07, 6.45) is 5.45. The van der Waals surface area contributed by atoms with Crippen molar-refractivity contribution in [2.45, 2.75) is 19.3 Å². The fourth-order valence-electron chi connectivity index (χ4n) is 3.33. The van der Waals surface area contributed by atoms with Crippen LogP contribution in [0.3, 0.4) is 0 Å². The number of hydrogen-bond acceptors (Lipinski definition) is 4. The van der Waals surface area contributed by atoms with Gasteiger partial charge in [-0.2, -0.15) is 0 Å². The summed E-state index contributed by atoms with van der Waals surface area (Å²) in [5.41, 5.74) is 3.67. The molecule has 0 saturated heterocycles. The van der Waals surface area contributed by atoms with Gasteiger partial charge >= 0.3 is 0 Å². The minimum atomic E-state index is -0.0503. The monoisotopic (exact) mass is 330 g/mol. The molecule has 0 spiro atoms. The van der Waals surface area contributed by atoms with E-state index in [0.717, 1.165) is 35.8 Å². The van der Waals surface area contributed by atoms with Crippen LogP contribution in [0.25, 0.3) is 22.0 Å². The molecule has 1 aromatic carbocycles. The highest BCUT2D eigenvalue weighted by Crippen LogP contribution is 2.40. The predicted molar refractivity (Wildman–Crippen MR) is 90.4 cm³/mol. The topological polar surface area (TPSA) is 86.2 Å². The third-order valence-corrected chi connectivity index (χ3v) is 4.24.